The maximum atomic E-state index is 12.6. The fourth-order valence-electron chi connectivity index (χ4n) is 1.48. The molecular weight excluding hydrogens is 309 g/mol. The lowest BCUT2D eigenvalue weighted by Gasteiger charge is -2.09. The van der Waals surface area contributed by atoms with E-state index < -0.39 is 11.9 Å². The fourth-order valence-corrected chi connectivity index (χ4v) is 1.75. The number of rotatable bonds is 1. The Morgan fingerprint density at radius 2 is 1.67 bits per heavy atom. The molecule has 1 aromatic carbocycles. The highest BCUT2D eigenvalue weighted by atomic mass is 79.9. The lowest BCUT2D eigenvalue weighted by atomic mass is 10.1. The van der Waals surface area contributed by atoms with Gasteiger partial charge in [-0.2, -0.15) is 13.2 Å². The van der Waals surface area contributed by atoms with E-state index in [9.17, 15) is 13.2 Å². The van der Waals surface area contributed by atoms with E-state index in [-0.39, 0.29) is 11.5 Å². The molecule has 0 saturated carbocycles. The molecule has 2 nitrogen and oxygen atoms in total. The van der Waals surface area contributed by atoms with Gasteiger partial charge in [0, 0.05) is 10.0 Å². The normalized spacial score (nSPS) is 11.6. The Morgan fingerprint density at radius 3 is 2.22 bits per heavy atom. The van der Waals surface area contributed by atoms with Crippen molar-refractivity contribution in [2.45, 2.75) is 13.1 Å². The minimum Gasteiger partial charge on any atom is -0.233 e. The Morgan fingerprint density at radius 1 is 1.06 bits per heavy atom. The van der Waals surface area contributed by atoms with Crippen LogP contribution in [0.3, 0.4) is 0 Å². The second-order valence-electron chi connectivity index (χ2n) is 3.69. The molecule has 0 radical (unpaired) electrons. The molecule has 0 aliphatic carbocycles. The van der Waals surface area contributed by atoms with Crippen molar-refractivity contribution < 1.29 is 13.2 Å². The molecule has 2 aromatic rings. The van der Waals surface area contributed by atoms with E-state index in [1.54, 1.807) is 24.3 Å². The maximum absolute atomic E-state index is 12.6. The molecular formula is C12H8BrF3N2. The first-order valence-electron chi connectivity index (χ1n) is 5.05. The highest BCUT2D eigenvalue weighted by Gasteiger charge is 2.33. The zero-order chi connectivity index (χ0) is 13.3. The largest absolute Gasteiger partial charge is 0.433 e. The molecule has 0 spiro atoms. The molecule has 1 heterocycles. The molecule has 0 unspecified atom stereocenters. The predicted octanol–water partition coefficient (Wildman–Crippen LogP) is 4.23. The molecule has 1 aromatic heterocycles. The lowest BCUT2D eigenvalue weighted by Crippen LogP contribution is -2.10. The molecule has 6 heteroatoms. The second-order valence-corrected chi connectivity index (χ2v) is 4.61. The van der Waals surface area contributed by atoms with Gasteiger partial charge in [0.05, 0.1) is 5.69 Å². The van der Waals surface area contributed by atoms with Gasteiger partial charge in [0.25, 0.3) is 0 Å². The van der Waals surface area contributed by atoms with E-state index >= 15 is 0 Å². The minimum absolute atomic E-state index is 0.0998. The molecule has 94 valence electrons. The van der Waals surface area contributed by atoms with E-state index in [1.165, 1.54) is 6.92 Å². The van der Waals surface area contributed by atoms with E-state index in [0.29, 0.717) is 5.56 Å². The van der Waals surface area contributed by atoms with E-state index in [0.717, 1.165) is 10.5 Å². The standard InChI is InChI=1S/C12H8BrF3N2/c1-7-17-10(6-11(18-7)12(14,15)16)8-2-4-9(13)5-3-8/h2-6H,1H3. The number of alkyl halides is 3. The third-order valence-electron chi connectivity index (χ3n) is 2.27. The van der Waals surface area contributed by atoms with Gasteiger partial charge in [-0.1, -0.05) is 28.1 Å². The van der Waals surface area contributed by atoms with E-state index in [1.807, 2.05) is 0 Å². The summed E-state index contributed by atoms with van der Waals surface area (Å²) in [5.74, 6) is 0.0998. The molecule has 0 aliphatic rings. The van der Waals surface area contributed by atoms with E-state index in [4.69, 9.17) is 0 Å². The van der Waals surface area contributed by atoms with Crippen LogP contribution in [0.25, 0.3) is 11.3 Å². The van der Waals surface area contributed by atoms with Crippen molar-refractivity contribution in [2.75, 3.05) is 0 Å². The quantitative estimate of drug-likeness (QED) is 0.786. The van der Waals surface area contributed by atoms with Crippen LogP contribution in [0, 0.1) is 6.92 Å². The summed E-state index contributed by atoms with van der Waals surface area (Å²) in [6.45, 7) is 1.44. The Bertz CT molecular complexity index is 565. The molecule has 0 N–H and O–H groups in total. The minimum atomic E-state index is -4.46. The number of hydrogen-bond donors (Lipinski definition) is 0. The summed E-state index contributed by atoms with van der Waals surface area (Å²) in [7, 11) is 0. The number of benzene rings is 1. The molecule has 0 atom stereocenters. The zero-order valence-electron chi connectivity index (χ0n) is 9.29. The number of halogens is 4. The third-order valence-corrected chi connectivity index (χ3v) is 2.80. The summed E-state index contributed by atoms with van der Waals surface area (Å²) in [6.07, 6.45) is -4.46. The maximum Gasteiger partial charge on any atom is 0.433 e. The smallest absolute Gasteiger partial charge is 0.233 e. The zero-order valence-corrected chi connectivity index (χ0v) is 10.9. The van der Waals surface area contributed by atoms with Gasteiger partial charge < -0.3 is 0 Å². The van der Waals surface area contributed by atoms with Crippen molar-refractivity contribution in [3.8, 4) is 11.3 Å². The fraction of sp³-hybridized carbons (Fsp3) is 0.167. The van der Waals surface area contributed by atoms with Crippen molar-refractivity contribution in [1.29, 1.82) is 0 Å². The summed E-state index contributed by atoms with van der Waals surface area (Å²) >= 11 is 3.27. The average molecular weight is 317 g/mol. The molecule has 0 saturated heterocycles. The highest BCUT2D eigenvalue weighted by Crippen LogP contribution is 2.30. The van der Waals surface area contributed by atoms with E-state index in [2.05, 4.69) is 25.9 Å². The molecule has 0 fully saturated rings. The summed E-state index contributed by atoms with van der Waals surface area (Å²) in [6, 6.07) is 7.86. The van der Waals surface area contributed by atoms with Gasteiger partial charge >= 0.3 is 6.18 Å². The molecule has 0 aliphatic heterocycles. The molecule has 2 rings (SSSR count). The Labute approximate surface area is 110 Å². The highest BCUT2D eigenvalue weighted by molar-refractivity contribution is 9.10. The Hall–Kier alpha value is -1.43. The first kappa shape index (κ1) is 13.0. The van der Waals surface area contributed by atoms with Crippen LogP contribution in [-0.4, -0.2) is 9.97 Å². The van der Waals surface area contributed by atoms with Crippen molar-refractivity contribution in [2.24, 2.45) is 0 Å². The van der Waals surface area contributed by atoms with Gasteiger partial charge in [-0.3, -0.25) is 0 Å². The summed E-state index contributed by atoms with van der Waals surface area (Å²) in [5, 5.41) is 0. The lowest BCUT2D eigenvalue weighted by molar-refractivity contribution is -0.141. The van der Waals surface area contributed by atoms with Crippen molar-refractivity contribution in [3.05, 3.63) is 46.3 Å². The summed E-state index contributed by atoms with van der Waals surface area (Å²) in [5.41, 5.74) is -0.0376. The van der Waals surface area contributed by atoms with Crippen LogP contribution in [0.15, 0.2) is 34.8 Å². The van der Waals surface area contributed by atoms with Crippen LogP contribution < -0.4 is 0 Å². The predicted molar refractivity (Wildman–Crippen MR) is 64.9 cm³/mol. The Balaban J connectivity index is 2.52. The van der Waals surface area contributed by atoms with Gasteiger partial charge in [-0.15, -0.1) is 0 Å². The molecule has 0 amide bonds. The van der Waals surface area contributed by atoms with Crippen LogP contribution in [0.5, 0.6) is 0 Å². The van der Waals surface area contributed by atoms with Gasteiger partial charge in [0.15, 0.2) is 0 Å². The van der Waals surface area contributed by atoms with Crippen LogP contribution in [0.1, 0.15) is 11.5 Å². The third kappa shape index (κ3) is 2.87. The molecule has 0 bridgehead atoms. The number of aromatic nitrogens is 2. The number of aryl methyl sites for hydroxylation is 1. The Kier molecular flexibility index (Phi) is 3.38. The van der Waals surface area contributed by atoms with Gasteiger partial charge in [0.2, 0.25) is 0 Å². The van der Waals surface area contributed by atoms with Crippen LogP contribution in [-0.2, 0) is 6.18 Å². The van der Waals surface area contributed by atoms with Crippen LogP contribution >= 0.6 is 15.9 Å². The SMILES string of the molecule is Cc1nc(-c2ccc(Br)cc2)cc(C(F)(F)F)n1. The van der Waals surface area contributed by atoms with Crippen LogP contribution in [0.4, 0.5) is 13.2 Å². The first-order valence-corrected chi connectivity index (χ1v) is 5.84. The number of hydrogen-bond acceptors (Lipinski definition) is 2. The average Bonchev–Trinajstić information content (AvgIpc) is 2.28. The van der Waals surface area contributed by atoms with Gasteiger partial charge in [-0.05, 0) is 25.1 Å². The van der Waals surface area contributed by atoms with Crippen molar-refractivity contribution in [1.82, 2.24) is 9.97 Å². The van der Waals surface area contributed by atoms with Crippen molar-refractivity contribution >= 4 is 15.9 Å². The van der Waals surface area contributed by atoms with Gasteiger partial charge in [0.1, 0.15) is 11.5 Å². The summed E-state index contributed by atoms with van der Waals surface area (Å²) in [4.78, 5) is 7.42. The van der Waals surface area contributed by atoms with Crippen molar-refractivity contribution in [3.63, 3.8) is 0 Å². The first-order chi connectivity index (χ1) is 8.36. The van der Waals surface area contributed by atoms with Crippen LogP contribution in [0.2, 0.25) is 0 Å². The monoisotopic (exact) mass is 316 g/mol. The number of nitrogens with zero attached hydrogens (tertiary/aromatic N) is 2. The summed E-state index contributed by atoms with van der Waals surface area (Å²) < 4.78 is 38.7. The topological polar surface area (TPSA) is 25.8 Å². The molecule has 18 heavy (non-hydrogen) atoms. The second kappa shape index (κ2) is 4.68. The van der Waals surface area contributed by atoms with Gasteiger partial charge in [-0.25, -0.2) is 9.97 Å².